The van der Waals surface area contributed by atoms with Crippen LogP contribution in [0.3, 0.4) is 0 Å². The molecule has 0 radical (unpaired) electrons. The third-order valence-corrected chi connectivity index (χ3v) is 8.19. The van der Waals surface area contributed by atoms with Gasteiger partial charge < -0.3 is 15.2 Å². The van der Waals surface area contributed by atoms with Crippen LogP contribution >= 0.6 is 62.3 Å². The number of ether oxygens (including phenoxy) is 2. The average Bonchev–Trinajstić information content (AvgIpc) is 3.09. The molecule has 0 heterocycles. The van der Waals surface area contributed by atoms with E-state index in [1.54, 1.807) is 0 Å². The number of rotatable bonds is 7. The summed E-state index contributed by atoms with van der Waals surface area (Å²) >= 11 is 22.7. The second-order valence-electron chi connectivity index (χ2n) is 13.7. The smallest absolute Gasteiger partial charge is 0.266 e. The Balaban J connectivity index is 0.000000372. The Kier molecular flexibility index (Phi) is 22.2. The minimum Gasteiger partial charge on any atom is -0.489 e. The van der Waals surface area contributed by atoms with Crippen LogP contribution in [0.2, 0.25) is 0 Å². The fourth-order valence-electron chi connectivity index (χ4n) is 5.85. The number of alkyl halides is 5. The van der Waals surface area contributed by atoms with Crippen LogP contribution in [-0.2, 0) is 18.5 Å². The van der Waals surface area contributed by atoms with Gasteiger partial charge in [-0.1, -0.05) is 198 Å². The van der Waals surface area contributed by atoms with Gasteiger partial charge in [0.1, 0.15) is 24.7 Å². The Morgan fingerprint density at radius 3 is 1.02 bits per heavy atom. The molecule has 0 atom stereocenters. The topological polar surface area (TPSA) is 44.5 Å². The Labute approximate surface area is 365 Å². The van der Waals surface area contributed by atoms with E-state index in [0.717, 1.165) is 33.6 Å². The van der Waals surface area contributed by atoms with Gasteiger partial charge in [0, 0.05) is 12.4 Å². The van der Waals surface area contributed by atoms with E-state index in [-0.39, 0.29) is 1.43 Å². The third kappa shape index (κ3) is 23.4. The van der Waals surface area contributed by atoms with E-state index < -0.39 is 3.25 Å². The number of nitrogen functional groups attached to an aromatic ring is 1. The molecule has 8 heteroatoms. The van der Waals surface area contributed by atoms with Crippen LogP contribution in [0.5, 0.6) is 11.5 Å². The van der Waals surface area contributed by atoms with Gasteiger partial charge in [0.15, 0.2) is 0 Å². The molecule has 2 N–H and O–H groups in total. The lowest BCUT2D eigenvalue weighted by molar-refractivity contribution is 0.306. The highest BCUT2D eigenvalue weighted by Gasteiger charge is 2.11. The molecule has 0 amide bonds. The number of benzene rings is 6. The second-order valence-corrected chi connectivity index (χ2v) is 17.7. The van der Waals surface area contributed by atoms with E-state index in [9.17, 15) is 0 Å². The van der Waals surface area contributed by atoms with Crippen molar-refractivity contribution in [2.45, 2.75) is 77.2 Å². The summed E-state index contributed by atoms with van der Waals surface area (Å²) in [5.41, 5.74) is 20.7. The van der Waals surface area contributed by atoms with Crippen molar-refractivity contribution in [3.63, 3.8) is 0 Å². The molecule has 0 fully saturated rings. The molecule has 6 rings (SSSR count). The number of nitrogens with two attached hydrogens (primary N) is 1. The summed E-state index contributed by atoms with van der Waals surface area (Å²) < 4.78 is 9.74. The zero-order valence-corrected chi connectivity index (χ0v) is 38.2. The first-order valence-corrected chi connectivity index (χ1v) is 20.7. The van der Waals surface area contributed by atoms with Crippen molar-refractivity contribution >= 4 is 68.0 Å². The molecule has 3 nitrogen and oxygen atoms in total. The zero-order chi connectivity index (χ0) is 41.7. The van der Waals surface area contributed by atoms with Gasteiger partial charge in [-0.3, -0.25) is 0 Å². The van der Waals surface area contributed by atoms with Gasteiger partial charge in [-0.2, -0.15) is 0 Å². The van der Waals surface area contributed by atoms with E-state index in [2.05, 4.69) is 125 Å². The van der Waals surface area contributed by atoms with Crippen LogP contribution in [0.25, 0.3) is 0 Å². The van der Waals surface area contributed by atoms with Crippen molar-refractivity contribution in [1.82, 2.24) is 0 Å². The molecular weight excluding hydrogens is 844 g/mol. The van der Waals surface area contributed by atoms with Gasteiger partial charge in [0.25, 0.3) is 3.25 Å². The predicted molar refractivity (Wildman–Crippen MR) is 251 cm³/mol. The van der Waals surface area contributed by atoms with Crippen molar-refractivity contribution in [2.75, 3.05) is 5.73 Å². The number of halogens is 5. The SMILES string of the molecule is Cc1cc(C)cc(C)c1.Cc1cc(C)cc(CBr)c1.Cc1cc(C)cc(COc2ccccc2)c1.Cc1cc(N)cc(COc2ccccc2)c1.ClC(Cl)(Cl)Cl.[HH]. The number of anilines is 1. The van der Waals surface area contributed by atoms with Crippen LogP contribution in [-0.4, -0.2) is 3.25 Å². The first-order valence-electron chi connectivity index (χ1n) is 18.1. The highest BCUT2D eigenvalue weighted by molar-refractivity contribution is 9.08. The van der Waals surface area contributed by atoms with Crippen LogP contribution in [0.1, 0.15) is 62.6 Å². The van der Waals surface area contributed by atoms with Crippen LogP contribution in [0.4, 0.5) is 5.69 Å². The molecule has 0 aliphatic heterocycles. The number of para-hydroxylation sites is 2. The lowest BCUT2D eigenvalue weighted by atomic mass is 10.1. The maximum absolute atomic E-state index is 5.77. The predicted octanol–water partition coefficient (Wildman–Crippen LogP) is 15.6. The number of aryl methyl sites for hydroxylation is 8. The van der Waals surface area contributed by atoms with Crippen molar-refractivity contribution in [1.29, 1.82) is 0 Å². The van der Waals surface area contributed by atoms with E-state index >= 15 is 0 Å². The monoisotopic (exact) mass is 897 g/mol. The molecule has 0 aliphatic carbocycles. The lowest BCUT2D eigenvalue weighted by Crippen LogP contribution is -1.97. The maximum atomic E-state index is 5.77. The molecule has 0 bridgehead atoms. The Hall–Kier alpha value is -3.64. The average molecular weight is 901 g/mol. The fourth-order valence-corrected chi connectivity index (χ4v) is 6.17. The Morgan fingerprint density at radius 1 is 0.446 bits per heavy atom. The molecule has 6 aromatic carbocycles. The van der Waals surface area contributed by atoms with Crippen LogP contribution in [0.15, 0.2) is 133 Å². The summed E-state index contributed by atoms with van der Waals surface area (Å²) in [6, 6.07) is 45.3. The number of hydrogen-bond acceptors (Lipinski definition) is 3. The van der Waals surface area contributed by atoms with E-state index in [1.165, 1.54) is 50.1 Å². The van der Waals surface area contributed by atoms with Crippen molar-refractivity contribution in [2.24, 2.45) is 0 Å². The summed E-state index contributed by atoms with van der Waals surface area (Å²) in [5, 5.41) is 0.954. The first-order chi connectivity index (χ1) is 26.4. The standard InChI is InChI=1S/C15H16O.C14H15NO.C9H11Br.C9H12.CCl4.H2/c1-12-8-13(2)10-14(9-12)11-16-15-6-4-3-5-7-15;1-11-7-12(9-13(15)8-11)10-16-14-5-3-2-4-6-14;1-7-3-8(2)5-9(4-7)6-10;1-7-4-8(2)6-9(3)5-7;2-1(3,4)5;/h3-10H,11H2,1-2H3;2-9H,10,15H2,1H3;3-5H,6H2,1-2H3;4-6H,1-3H3;;1H. The van der Waals surface area contributed by atoms with Crippen molar-refractivity contribution in [3.05, 3.63) is 195 Å². The first kappa shape index (κ1) is 48.5. The normalized spacial score (nSPS) is 10.2. The fraction of sp³-hybridized carbons (Fsp3) is 0.250. The van der Waals surface area contributed by atoms with Gasteiger partial charge in [-0.05, 0) is 114 Å². The van der Waals surface area contributed by atoms with Crippen molar-refractivity contribution in [3.8, 4) is 11.5 Å². The molecule has 0 unspecified atom stereocenters. The zero-order valence-electron chi connectivity index (χ0n) is 33.6. The summed E-state index contributed by atoms with van der Waals surface area (Å²) in [6.07, 6.45) is 0. The second kappa shape index (κ2) is 25.6. The molecular formula is C48H56BrCl4NO2. The molecule has 6 aromatic rings. The molecule has 0 saturated carbocycles. The van der Waals surface area contributed by atoms with Gasteiger partial charge in [-0.25, -0.2) is 0 Å². The summed E-state index contributed by atoms with van der Waals surface area (Å²) in [7, 11) is 0. The quantitative estimate of drug-likeness (QED) is 0.128. The third-order valence-electron chi connectivity index (χ3n) is 7.54. The molecule has 300 valence electrons. The van der Waals surface area contributed by atoms with Crippen LogP contribution in [0, 0.1) is 55.4 Å². The van der Waals surface area contributed by atoms with Gasteiger partial charge in [0.2, 0.25) is 0 Å². The molecule has 0 spiro atoms. The van der Waals surface area contributed by atoms with E-state index in [1.807, 2.05) is 79.7 Å². The Morgan fingerprint density at radius 2 is 0.714 bits per heavy atom. The minimum absolute atomic E-state index is 0. The summed E-state index contributed by atoms with van der Waals surface area (Å²) in [5.74, 6) is 1.80. The molecule has 0 aromatic heterocycles. The molecule has 0 aliphatic rings. The van der Waals surface area contributed by atoms with Crippen LogP contribution < -0.4 is 15.2 Å². The van der Waals surface area contributed by atoms with E-state index in [0.29, 0.717) is 13.2 Å². The minimum atomic E-state index is -1.61. The summed E-state index contributed by atoms with van der Waals surface area (Å²) in [6.45, 7) is 18.1. The van der Waals surface area contributed by atoms with E-state index in [4.69, 9.17) is 61.6 Å². The van der Waals surface area contributed by atoms with Gasteiger partial charge in [0.05, 0.1) is 0 Å². The Bertz CT molecular complexity index is 1830. The van der Waals surface area contributed by atoms with Gasteiger partial charge in [-0.15, -0.1) is 0 Å². The highest BCUT2D eigenvalue weighted by atomic mass is 79.9. The lowest BCUT2D eigenvalue weighted by Gasteiger charge is -2.07. The largest absolute Gasteiger partial charge is 0.489 e. The maximum Gasteiger partial charge on any atom is 0.266 e. The van der Waals surface area contributed by atoms with Gasteiger partial charge >= 0.3 is 0 Å². The molecule has 56 heavy (non-hydrogen) atoms. The summed E-state index contributed by atoms with van der Waals surface area (Å²) in [4.78, 5) is 0. The van der Waals surface area contributed by atoms with Crippen molar-refractivity contribution < 1.29 is 10.9 Å². The number of hydrogen-bond donors (Lipinski definition) is 1. The molecule has 0 saturated heterocycles. The highest BCUT2D eigenvalue weighted by Crippen LogP contribution is 2.30.